The van der Waals surface area contributed by atoms with Gasteiger partial charge in [0.1, 0.15) is 11.6 Å². The van der Waals surface area contributed by atoms with Crippen molar-refractivity contribution in [1.29, 1.82) is 0 Å². The Morgan fingerprint density at radius 3 is 2.44 bits per heavy atom. The number of anilines is 1. The van der Waals surface area contributed by atoms with Crippen LogP contribution in [0.2, 0.25) is 0 Å². The zero-order valence-electron chi connectivity index (χ0n) is 14.9. The molecular weight excluding hydrogens is 371 g/mol. The maximum atomic E-state index is 13.4. The molecule has 0 aliphatic carbocycles. The van der Waals surface area contributed by atoms with E-state index in [9.17, 15) is 17.6 Å². The number of halogens is 1. The van der Waals surface area contributed by atoms with E-state index >= 15 is 0 Å². The first-order valence-corrected chi connectivity index (χ1v) is 9.96. The van der Waals surface area contributed by atoms with Crippen molar-refractivity contribution in [3.63, 3.8) is 0 Å². The standard InChI is InChI=1S/C18H21FN4O3S/c1-11-10-13(2-4-15(11)19)27(25,26)23-8-6-12(7-9-23)16-5-3-14(18(21)24)17(20)22-16/h2-5,10,12H,6-9H2,1H3,(H2,20,22)(H2,21,24). The fraction of sp³-hybridized carbons (Fsp3) is 0.333. The van der Waals surface area contributed by atoms with Crippen LogP contribution >= 0.6 is 0 Å². The monoisotopic (exact) mass is 392 g/mol. The number of aromatic nitrogens is 1. The molecule has 1 amide bonds. The van der Waals surface area contributed by atoms with Crippen molar-refractivity contribution in [2.24, 2.45) is 5.73 Å². The fourth-order valence-corrected chi connectivity index (χ4v) is 4.80. The van der Waals surface area contributed by atoms with Gasteiger partial charge in [-0.15, -0.1) is 0 Å². The summed E-state index contributed by atoms with van der Waals surface area (Å²) in [4.78, 5) is 15.6. The molecule has 1 aliphatic heterocycles. The number of nitrogens with two attached hydrogens (primary N) is 2. The molecule has 9 heteroatoms. The Labute approximate surface area is 157 Å². The van der Waals surface area contributed by atoms with Crippen LogP contribution in [-0.2, 0) is 10.0 Å². The SMILES string of the molecule is Cc1cc(S(=O)(=O)N2CCC(c3ccc(C(N)=O)c(N)n3)CC2)ccc1F. The summed E-state index contributed by atoms with van der Waals surface area (Å²) in [5, 5.41) is 0. The van der Waals surface area contributed by atoms with Gasteiger partial charge in [-0.25, -0.2) is 17.8 Å². The van der Waals surface area contributed by atoms with Crippen LogP contribution in [0, 0.1) is 12.7 Å². The Kier molecular flexibility index (Phi) is 5.16. The Hall–Kier alpha value is -2.52. The molecule has 0 bridgehead atoms. The topological polar surface area (TPSA) is 119 Å². The molecule has 0 spiro atoms. The minimum Gasteiger partial charge on any atom is -0.383 e. The van der Waals surface area contributed by atoms with E-state index in [2.05, 4.69) is 4.98 Å². The molecule has 3 rings (SSSR count). The number of aryl methyl sites for hydroxylation is 1. The molecule has 1 fully saturated rings. The normalized spacial score (nSPS) is 16.4. The lowest BCUT2D eigenvalue weighted by atomic mass is 9.94. The number of benzene rings is 1. The number of pyridine rings is 1. The van der Waals surface area contributed by atoms with E-state index in [-0.39, 0.29) is 22.2 Å². The Bertz CT molecular complexity index is 986. The highest BCUT2D eigenvalue weighted by Crippen LogP contribution is 2.31. The predicted octanol–water partition coefficient (Wildman–Crippen LogP) is 1.78. The van der Waals surface area contributed by atoms with Gasteiger partial charge >= 0.3 is 0 Å². The molecule has 0 saturated carbocycles. The summed E-state index contributed by atoms with van der Waals surface area (Å²) in [5.41, 5.74) is 12.2. The molecule has 1 aromatic heterocycles. The average Bonchev–Trinajstić information content (AvgIpc) is 2.63. The molecule has 27 heavy (non-hydrogen) atoms. The molecule has 7 nitrogen and oxygen atoms in total. The lowest BCUT2D eigenvalue weighted by Crippen LogP contribution is -2.38. The number of primary amides is 1. The van der Waals surface area contributed by atoms with Crippen LogP contribution in [0.5, 0.6) is 0 Å². The van der Waals surface area contributed by atoms with E-state index in [1.807, 2.05) is 0 Å². The number of rotatable bonds is 4. The molecule has 1 aliphatic rings. The van der Waals surface area contributed by atoms with Gasteiger partial charge in [0.05, 0.1) is 10.5 Å². The van der Waals surface area contributed by atoms with Gasteiger partial charge in [-0.05, 0) is 55.7 Å². The second-order valence-corrected chi connectivity index (χ2v) is 8.56. The number of sulfonamides is 1. The number of hydrogen-bond acceptors (Lipinski definition) is 5. The Morgan fingerprint density at radius 2 is 1.89 bits per heavy atom. The van der Waals surface area contributed by atoms with E-state index < -0.39 is 21.7 Å². The number of nitrogens with zero attached hydrogens (tertiary/aromatic N) is 2. The number of amides is 1. The van der Waals surface area contributed by atoms with Gasteiger partial charge in [-0.3, -0.25) is 4.79 Å². The average molecular weight is 392 g/mol. The second kappa shape index (κ2) is 7.24. The van der Waals surface area contributed by atoms with Gasteiger partial charge in [0.2, 0.25) is 10.0 Å². The molecule has 0 atom stereocenters. The molecule has 0 unspecified atom stereocenters. The van der Waals surface area contributed by atoms with Gasteiger partial charge < -0.3 is 11.5 Å². The molecule has 1 aromatic carbocycles. The summed E-state index contributed by atoms with van der Waals surface area (Å²) in [6, 6.07) is 7.05. The lowest BCUT2D eigenvalue weighted by molar-refractivity contribution is 0.100. The van der Waals surface area contributed by atoms with E-state index in [1.54, 1.807) is 12.1 Å². The van der Waals surface area contributed by atoms with Crippen LogP contribution in [0.3, 0.4) is 0 Å². The third kappa shape index (κ3) is 3.79. The summed E-state index contributed by atoms with van der Waals surface area (Å²) in [5.74, 6) is -0.953. The third-order valence-corrected chi connectivity index (χ3v) is 6.75. The van der Waals surface area contributed by atoms with E-state index in [4.69, 9.17) is 11.5 Å². The molecule has 1 saturated heterocycles. The Balaban J connectivity index is 1.74. The highest BCUT2D eigenvalue weighted by Gasteiger charge is 2.31. The predicted molar refractivity (Wildman–Crippen MR) is 99.0 cm³/mol. The first-order valence-electron chi connectivity index (χ1n) is 8.52. The van der Waals surface area contributed by atoms with Crippen molar-refractivity contribution in [2.45, 2.75) is 30.6 Å². The van der Waals surface area contributed by atoms with Crippen LogP contribution in [0.25, 0.3) is 0 Å². The minimum absolute atomic E-state index is 0.0376. The van der Waals surface area contributed by atoms with Crippen molar-refractivity contribution in [2.75, 3.05) is 18.8 Å². The van der Waals surface area contributed by atoms with Crippen molar-refractivity contribution in [3.8, 4) is 0 Å². The molecule has 0 radical (unpaired) electrons. The zero-order valence-corrected chi connectivity index (χ0v) is 15.7. The smallest absolute Gasteiger partial charge is 0.252 e. The number of nitrogen functional groups attached to an aromatic ring is 1. The van der Waals surface area contributed by atoms with E-state index in [0.29, 0.717) is 37.2 Å². The molecule has 2 aromatic rings. The minimum atomic E-state index is -3.67. The quantitative estimate of drug-likeness (QED) is 0.822. The zero-order chi connectivity index (χ0) is 19.8. The van der Waals surface area contributed by atoms with E-state index in [0.717, 1.165) is 0 Å². The van der Waals surface area contributed by atoms with Crippen LogP contribution in [0.1, 0.15) is 40.4 Å². The van der Waals surface area contributed by atoms with Crippen molar-refractivity contribution < 1.29 is 17.6 Å². The fourth-order valence-electron chi connectivity index (χ4n) is 3.25. The van der Waals surface area contributed by atoms with Crippen LogP contribution in [0.4, 0.5) is 10.2 Å². The van der Waals surface area contributed by atoms with Gasteiger partial charge in [0.15, 0.2) is 0 Å². The molecule has 2 heterocycles. The summed E-state index contributed by atoms with van der Waals surface area (Å²) in [7, 11) is -3.67. The first kappa shape index (κ1) is 19.2. The van der Waals surface area contributed by atoms with Gasteiger partial charge in [-0.2, -0.15) is 4.31 Å². The maximum Gasteiger partial charge on any atom is 0.252 e. The summed E-state index contributed by atoms with van der Waals surface area (Å²) in [6.07, 6.45) is 1.14. The molecule has 144 valence electrons. The largest absolute Gasteiger partial charge is 0.383 e. The van der Waals surface area contributed by atoms with Crippen LogP contribution in [-0.4, -0.2) is 36.7 Å². The van der Waals surface area contributed by atoms with Crippen LogP contribution in [0.15, 0.2) is 35.2 Å². The van der Waals surface area contributed by atoms with Crippen molar-refractivity contribution in [1.82, 2.24) is 9.29 Å². The second-order valence-electron chi connectivity index (χ2n) is 6.62. The first-order chi connectivity index (χ1) is 12.7. The summed E-state index contributed by atoms with van der Waals surface area (Å²) >= 11 is 0. The number of hydrogen-bond donors (Lipinski definition) is 2. The highest BCUT2D eigenvalue weighted by molar-refractivity contribution is 7.89. The summed E-state index contributed by atoms with van der Waals surface area (Å²) < 4.78 is 40.4. The lowest BCUT2D eigenvalue weighted by Gasteiger charge is -2.31. The summed E-state index contributed by atoms with van der Waals surface area (Å²) in [6.45, 7) is 2.18. The van der Waals surface area contributed by atoms with Gasteiger partial charge in [0, 0.05) is 24.7 Å². The Morgan fingerprint density at radius 1 is 1.22 bits per heavy atom. The van der Waals surface area contributed by atoms with Crippen LogP contribution < -0.4 is 11.5 Å². The van der Waals surface area contributed by atoms with Crippen molar-refractivity contribution in [3.05, 3.63) is 53.0 Å². The number of piperidine rings is 1. The van der Waals surface area contributed by atoms with E-state index in [1.165, 1.54) is 29.4 Å². The van der Waals surface area contributed by atoms with Crippen molar-refractivity contribution >= 4 is 21.7 Å². The molecular formula is C18H21FN4O3S. The maximum absolute atomic E-state index is 13.4. The molecule has 4 N–H and O–H groups in total. The van der Waals surface area contributed by atoms with Gasteiger partial charge in [0.25, 0.3) is 5.91 Å². The third-order valence-electron chi connectivity index (χ3n) is 4.85. The number of carbonyl (C=O) groups excluding carboxylic acids is 1. The van der Waals surface area contributed by atoms with Gasteiger partial charge in [-0.1, -0.05) is 0 Å². The highest BCUT2D eigenvalue weighted by atomic mass is 32.2. The number of carbonyl (C=O) groups is 1.